The summed E-state index contributed by atoms with van der Waals surface area (Å²) in [6, 6.07) is -1.02. The van der Waals surface area contributed by atoms with Crippen molar-refractivity contribution in [1.82, 2.24) is 5.32 Å². The fourth-order valence-corrected chi connectivity index (χ4v) is 9.88. The molecule has 0 radical (unpaired) electrons. The van der Waals surface area contributed by atoms with Crippen LogP contribution >= 0.6 is 0 Å². The monoisotopic (exact) mass is 1020 g/mol. The van der Waals surface area contributed by atoms with E-state index in [1.165, 1.54) is 238 Å². The largest absolute Gasteiger partial charge is 0.394 e. The van der Waals surface area contributed by atoms with Gasteiger partial charge in [-0.05, 0) is 96.3 Å². The highest BCUT2D eigenvalue weighted by Gasteiger charge is 2.28. The molecular weight excluding hydrogens is 899 g/mol. The Morgan fingerprint density at radius 1 is 0.342 bits per heavy atom. The van der Waals surface area contributed by atoms with Gasteiger partial charge in [-0.3, -0.25) is 4.79 Å². The number of carbonyl (C=O) groups excluding carboxylic acids is 1. The summed E-state index contributed by atoms with van der Waals surface area (Å²) in [5, 5.41) is 44.1. The second kappa shape index (κ2) is 60.9. The number of allylic oxidation sites excluding steroid dienone is 10. The average molecular weight is 1020 g/mol. The standard InChI is InChI=1S/C67H125NO5/c1-3-5-7-9-11-13-15-17-19-21-23-25-27-29-31-32-33-35-37-39-41-43-45-47-49-51-53-55-57-59-61-65(71)67(73)68-63(62-69)66(72)64(70)60-58-56-54-52-50-48-46-44-42-40-38-36-34-30-28-26-24-22-20-18-16-14-12-10-8-6-4-2/h23,25,29,31,36,38,44,46,52,54,63-66,69-72H,3-22,24,26-28,30,32-35,37,39-43,45,47-51,53,55-62H2,1-2H3,(H,68,73)/b25-23-,31-29-,38-36+,46-44+,54-52+. The van der Waals surface area contributed by atoms with Gasteiger partial charge in [-0.25, -0.2) is 0 Å². The van der Waals surface area contributed by atoms with E-state index in [0.717, 1.165) is 57.8 Å². The van der Waals surface area contributed by atoms with E-state index in [1.54, 1.807) is 0 Å². The van der Waals surface area contributed by atoms with Crippen LogP contribution in [0.15, 0.2) is 60.8 Å². The van der Waals surface area contributed by atoms with Gasteiger partial charge in [-0.1, -0.05) is 293 Å². The Bertz CT molecular complexity index is 1240. The van der Waals surface area contributed by atoms with Gasteiger partial charge >= 0.3 is 0 Å². The van der Waals surface area contributed by atoms with E-state index >= 15 is 0 Å². The number of unbranched alkanes of at least 4 members (excludes halogenated alkanes) is 40. The van der Waals surface area contributed by atoms with E-state index in [0.29, 0.717) is 19.3 Å². The van der Waals surface area contributed by atoms with Crippen LogP contribution in [-0.2, 0) is 4.79 Å². The summed E-state index contributed by atoms with van der Waals surface area (Å²) in [6.45, 7) is 4.07. The predicted octanol–water partition coefficient (Wildman–Crippen LogP) is 19.5. The minimum Gasteiger partial charge on any atom is -0.394 e. The van der Waals surface area contributed by atoms with E-state index in [-0.39, 0.29) is 0 Å². The van der Waals surface area contributed by atoms with Crippen LogP contribution in [0.1, 0.15) is 328 Å². The predicted molar refractivity (Wildman–Crippen MR) is 320 cm³/mol. The number of carbonyl (C=O) groups is 1. The van der Waals surface area contributed by atoms with Gasteiger partial charge < -0.3 is 25.7 Å². The van der Waals surface area contributed by atoms with Crippen molar-refractivity contribution in [3.8, 4) is 0 Å². The maximum atomic E-state index is 12.6. The lowest BCUT2D eigenvalue weighted by Crippen LogP contribution is -2.53. The first-order valence-electron chi connectivity index (χ1n) is 32.2. The third-order valence-corrected chi connectivity index (χ3v) is 14.9. The molecule has 0 aliphatic rings. The molecule has 428 valence electrons. The molecule has 0 aromatic carbocycles. The molecule has 0 fully saturated rings. The van der Waals surface area contributed by atoms with Crippen LogP contribution in [0.4, 0.5) is 0 Å². The lowest BCUT2D eigenvalue weighted by Gasteiger charge is -2.27. The van der Waals surface area contributed by atoms with E-state index in [1.807, 2.05) is 0 Å². The van der Waals surface area contributed by atoms with Crippen LogP contribution in [0.3, 0.4) is 0 Å². The molecule has 73 heavy (non-hydrogen) atoms. The number of rotatable bonds is 59. The molecule has 0 aromatic heterocycles. The number of aliphatic hydroxyl groups excluding tert-OH is 4. The van der Waals surface area contributed by atoms with Crippen molar-refractivity contribution in [2.45, 2.75) is 353 Å². The van der Waals surface area contributed by atoms with Crippen molar-refractivity contribution in [3.05, 3.63) is 60.8 Å². The number of aliphatic hydroxyl groups is 4. The molecule has 0 spiro atoms. The topological polar surface area (TPSA) is 110 Å². The van der Waals surface area contributed by atoms with Gasteiger partial charge in [0.15, 0.2) is 0 Å². The third kappa shape index (κ3) is 54.6. The van der Waals surface area contributed by atoms with E-state index in [2.05, 4.69) is 79.9 Å². The first-order chi connectivity index (χ1) is 36.0. The Morgan fingerprint density at radius 2 is 0.616 bits per heavy atom. The zero-order valence-corrected chi connectivity index (χ0v) is 48.6. The summed E-state index contributed by atoms with van der Waals surface area (Å²) < 4.78 is 0. The molecule has 1 amide bonds. The van der Waals surface area contributed by atoms with Crippen LogP contribution in [-0.4, -0.2) is 57.3 Å². The SMILES string of the molecule is CCCCCCCCCCC/C=C\C/C=C\CCCCCCCCCCCCCCCCC(O)C(=O)NC(CO)C(O)C(O)CCC/C=C/CC/C=C/CC/C=C/CCCCCCCCCCCCCCCC. The highest BCUT2D eigenvalue weighted by Crippen LogP contribution is 2.17. The Hall–Kier alpha value is -1.99. The number of hydrogen-bond donors (Lipinski definition) is 5. The maximum Gasteiger partial charge on any atom is 0.249 e. The molecule has 0 bridgehead atoms. The van der Waals surface area contributed by atoms with Crippen LogP contribution in [0.25, 0.3) is 0 Å². The summed E-state index contributed by atoms with van der Waals surface area (Å²) in [5.41, 5.74) is 0. The van der Waals surface area contributed by atoms with E-state index in [9.17, 15) is 25.2 Å². The second-order valence-corrected chi connectivity index (χ2v) is 22.1. The number of nitrogens with one attached hydrogen (secondary N) is 1. The smallest absolute Gasteiger partial charge is 0.249 e. The molecule has 0 rings (SSSR count). The van der Waals surface area contributed by atoms with Crippen molar-refractivity contribution < 1.29 is 25.2 Å². The summed E-state index contributed by atoms with van der Waals surface area (Å²) in [4.78, 5) is 12.6. The highest BCUT2D eigenvalue weighted by molar-refractivity contribution is 5.80. The Morgan fingerprint density at radius 3 is 0.945 bits per heavy atom. The second-order valence-electron chi connectivity index (χ2n) is 22.1. The minimum absolute atomic E-state index is 0.357. The first-order valence-corrected chi connectivity index (χ1v) is 32.2. The van der Waals surface area contributed by atoms with E-state index in [4.69, 9.17) is 0 Å². The normalized spacial score (nSPS) is 14.0. The van der Waals surface area contributed by atoms with Crippen LogP contribution in [0.2, 0.25) is 0 Å². The number of amides is 1. The van der Waals surface area contributed by atoms with Crippen molar-refractivity contribution in [1.29, 1.82) is 0 Å². The fourth-order valence-electron chi connectivity index (χ4n) is 9.88. The number of hydrogen-bond acceptors (Lipinski definition) is 5. The van der Waals surface area contributed by atoms with Crippen LogP contribution in [0, 0.1) is 0 Å². The van der Waals surface area contributed by atoms with Gasteiger partial charge in [-0.2, -0.15) is 0 Å². The first kappa shape index (κ1) is 71.0. The summed E-state index contributed by atoms with van der Waals surface area (Å²) in [7, 11) is 0. The lowest BCUT2D eigenvalue weighted by molar-refractivity contribution is -0.132. The van der Waals surface area contributed by atoms with E-state index < -0.39 is 36.9 Å². The van der Waals surface area contributed by atoms with Crippen molar-refractivity contribution in [2.75, 3.05) is 6.61 Å². The van der Waals surface area contributed by atoms with Gasteiger partial charge in [-0.15, -0.1) is 0 Å². The van der Waals surface area contributed by atoms with Gasteiger partial charge in [0.1, 0.15) is 12.2 Å². The third-order valence-electron chi connectivity index (χ3n) is 14.9. The molecule has 0 saturated heterocycles. The zero-order chi connectivity index (χ0) is 53.0. The summed E-state index contributed by atoms with van der Waals surface area (Å²) in [6.07, 6.45) is 80.3. The molecule has 0 heterocycles. The summed E-state index contributed by atoms with van der Waals surface area (Å²) in [5.74, 6) is -0.598. The van der Waals surface area contributed by atoms with Crippen LogP contribution < -0.4 is 5.32 Å². The molecule has 0 aromatic rings. The molecular formula is C67H125NO5. The quantitative estimate of drug-likeness (QED) is 0.0308. The van der Waals surface area contributed by atoms with Crippen molar-refractivity contribution >= 4 is 5.91 Å². The summed E-state index contributed by atoms with van der Waals surface area (Å²) >= 11 is 0. The maximum absolute atomic E-state index is 12.6. The molecule has 0 saturated carbocycles. The van der Waals surface area contributed by atoms with Crippen molar-refractivity contribution in [2.24, 2.45) is 0 Å². The van der Waals surface area contributed by atoms with Gasteiger partial charge in [0.25, 0.3) is 0 Å². The molecule has 6 nitrogen and oxygen atoms in total. The van der Waals surface area contributed by atoms with Gasteiger partial charge in [0, 0.05) is 0 Å². The molecule has 4 atom stereocenters. The Labute approximate surface area is 454 Å². The van der Waals surface area contributed by atoms with Crippen molar-refractivity contribution in [3.63, 3.8) is 0 Å². The van der Waals surface area contributed by atoms with Gasteiger partial charge in [0.05, 0.1) is 18.8 Å². The zero-order valence-electron chi connectivity index (χ0n) is 48.6. The van der Waals surface area contributed by atoms with Gasteiger partial charge in [0.2, 0.25) is 5.91 Å². The molecule has 5 N–H and O–H groups in total. The highest BCUT2D eigenvalue weighted by atomic mass is 16.3. The Balaban J connectivity index is 3.67. The molecule has 0 aliphatic carbocycles. The average Bonchev–Trinajstić information content (AvgIpc) is 3.40. The minimum atomic E-state index is -1.30. The van der Waals surface area contributed by atoms with Crippen LogP contribution in [0.5, 0.6) is 0 Å². The lowest BCUT2D eigenvalue weighted by atomic mass is 10.00. The molecule has 4 unspecified atom stereocenters. The molecule has 6 heteroatoms. The Kier molecular flexibility index (Phi) is 59.2. The molecule has 0 aliphatic heterocycles. The fraction of sp³-hybridized carbons (Fsp3) is 0.836.